The van der Waals surface area contributed by atoms with Crippen LogP contribution in [-0.2, 0) is 36.9 Å². The standard InChI is InChI=1S/C33H47N5O7/c1-22(2)16-17-38(20-28(40)37-33(3,4)5)31(43)29(41)25(18-23-12-8-6-9-13-23)35-30(42)26(19-27(34)39)36-32(44)45-21-24-14-10-7-11-15-24/h6-15,22,25-26,29,41H,16-21H2,1-5H3,(H2,34,39)(H,35,42)(H,36,44)(H,37,40)/t25-,26-,29-/m0/s1. The number of hydrogen-bond donors (Lipinski definition) is 5. The third-order valence-electron chi connectivity index (χ3n) is 6.62. The van der Waals surface area contributed by atoms with Crippen LogP contribution in [0.3, 0.4) is 0 Å². The number of primary amides is 1. The summed E-state index contributed by atoms with van der Waals surface area (Å²) >= 11 is 0. The molecule has 0 fully saturated rings. The molecular formula is C33H47N5O7. The van der Waals surface area contributed by atoms with Gasteiger partial charge in [0.05, 0.1) is 19.0 Å². The van der Waals surface area contributed by atoms with E-state index >= 15 is 0 Å². The van der Waals surface area contributed by atoms with E-state index in [9.17, 15) is 29.1 Å². The van der Waals surface area contributed by atoms with E-state index in [1.807, 2.05) is 40.7 Å². The molecule has 0 unspecified atom stereocenters. The molecule has 0 heterocycles. The fraction of sp³-hybridized carbons (Fsp3) is 0.485. The maximum absolute atomic E-state index is 13.7. The van der Waals surface area contributed by atoms with E-state index < -0.39 is 59.9 Å². The zero-order chi connectivity index (χ0) is 33.6. The van der Waals surface area contributed by atoms with Crippen molar-refractivity contribution in [3.05, 3.63) is 71.8 Å². The summed E-state index contributed by atoms with van der Waals surface area (Å²) in [5, 5.41) is 19.2. The van der Waals surface area contributed by atoms with Crippen molar-refractivity contribution < 1.29 is 33.8 Å². The molecule has 2 aromatic rings. The van der Waals surface area contributed by atoms with Gasteiger partial charge in [-0.1, -0.05) is 74.5 Å². The highest BCUT2D eigenvalue weighted by molar-refractivity contribution is 5.92. The first-order chi connectivity index (χ1) is 21.1. The molecule has 6 N–H and O–H groups in total. The highest BCUT2D eigenvalue weighted by atomic mass is 16.5. The maximum Gasteiger partial charge on any atom is 0.408 e. The van der Waals surface area contributed by atoms with Crippen LogP contribution in [-0.4, -0.2) is 76.5 Å². The molecule has 2 rings (SSSR count). The second-order valence-electron chi connectivity index (χ2n) is 12.4. The van der Waals surface area contributed by atoms with Crippen LogP contribution in [0.25, 0.3) is 0 Å². The molecule has 12 nitrogen and oxygen atoms in total. The van der Waals surface area contributed by atoms with Gasteiger partial charge in [-0.25, -0.2) is 4.79 Å². The first-order valence-electron chi connectivity index (χ1n) is 15.0. The predicted molar refractivity (Wildman–Crippen MR) is 169 cm³/mol. The Morgan fingerprint density at radius 2 is 1.49 bits per heavy atom. The molecule has 12 heteroatoms. The smallest absolute Gasteiger partial charge is 0.408 e. The van der Waals surface area contributed by atoms with Crippen LogP contribution in [0.15, 0.2) is 60.7 Å². The number of aliphatic hydroxyl groups is 1. The molecule has 2 aromatic carbocycles. The Balaban J connectivity index is 2.27. The minimum atomic E-state index is -1.76. The topological polar surface area (TPSA) is 180 Å². The van der Waals surface area contributed by atoms with E-state index in [1.165, 1.54) is 4.90 Å². The zero-order valence-corrected chi connectivity index (χ0v) is 26.7. The highest BCUT2D eigenvalue weighted by Gasteiger charge is 2.35. The van der Waals surface area contributed by atoms with Crippen LogP contribution in [0.5, 0.6) is 0 Å². The molecule has 0 bridgehead atoms. The fourth-order valence-corrected chi connectivity index (χ4v) is 4.38. The summed E-state index contributed by atoms with van der Waals surface area (Å²) in [6.45, 7) is 9.25. The number of nitrogens with one attached hydrogen (secondary N) is 3. The number of alkyl carbamates (subject to hydrolysis) is 1. The Bertz CT molecular complexity index is 1270. The van der Waals surface area contributed by atoms with Gasteiger partial charge in [-0.05, 0) is 50.7 Å². The van der Waals surface area contributed by atoms with Gasteiger partial charge in [-0.3, -0.25) is 19.2 Å². The minimum absolute atomic E-state index is 0.0352. The van der Waals surface area contributed by atoms with Gasteiger partial charge in [0.25, 0.3) is 5.91 Å². The number of nitrogens with two attached hydrogens (primary N) is 1. The van der Waals surface area contributed by atoms with Gasteiger partial charge in [0, 0.05) is 12.1 Å². The molecule has 0 aliphatic carbocycles. The lowest BCUT2D eigenvalue weighted by Gasteiger charge is -2.31. The summed E-state index contributed by atoms with van der Waals surface area (Å²) in [6, 6.07) is 15.1. The second-order valence-corrected chi connectivity index (χ2v) is 12.4. The molecule has 0 saturated carbocycles. The van der Waals surface area contributed by atoms with Gasteiger partial charge in [-0.2, -0.15) is 0 Å². The number of carbonyl (C=O) groups excluding carboxylic acids is 5. The quantitative estimate of drug-likeness (QED) is 0.189. The molecule has 3 atom stereocenters. The van der Waals surface area contributed by atoms with Crippen molar-refractivity contribution in [3.8, 4) is 0 Å². The summed E-state index contributed by atoms with van der Waals surface area (Å²) in [6.07, 6.45) is -2.66. The third kappa shape index (κ3) is 14.3. The minimum Gasteiger partial charge on any atom is -0.445 e. The average molecular weight is 626 g/mol. The Kier molecular flexibility index (Phi) is 14.5. The van der Waals surface area contributed by atoms with Crippen molar-refractivity contribution in [2.45, 2.75) is 84.2 Å². The molecule has 246 valence electrons. The third-order valence-corrected chi connectivity index (χ3v) is 6.62. The van der Waals surface area contributed by atoms with Gasteiger partial charge in [0.2, 0.25) is 17.7 Å². The lowest BCUT2D eigenvalue weighted by molar-refractivity contribution is -0.145. The summed E-state index contributed by atoms with van der Waals surface area (Å²) in [5.74, 6) is -2.64. The monoisotopic (exact) mass is 625 g/mol. The van der Waals surface area contributed by atoms with E-state index in [2.05, 4.69) is 16.0 Å². The van der Waals surface area contributed by atoms with Gasteiger partial charge < -0.3 is 36.4 Å². The summed E-state index contributed by atoms with van der Waals surface area (Å²) in [5.41, 5.74) is 6.25. The number of amides is 5. The maximum atomic E-state index is 13.7. The van der Waals surface area contributed by atoms with Crippen LogP contribution in [0.4, 0.5) is 4.79 Å². The SMILES string of the molecule is CC(C)CCN(CC(=O)NC(C)(C)C)C(=O)[C@@H](O)[C@H](Cc1ccccc1)NC(=O)[C@H](CC(N)=O)NC(=O)OCc1ccccc1. The Morgan fingerprint density at radius 1 is 0.911 bits per heavy atom. The number of carbonyl (C=O) groups is 5. The number of ether oxygens (including phenoxy) is 1. The highest BCUT2D eigenvalue weighted by Crippen LogP contribution is 2.12. The van der Waals surface area contributed by atoms with Crippen molar-refractivity contribution in [2.75, 3.05) is 13.1 Å². The summed E-state index contributed by atoms with van der Waals surface area (Å²) in [7, 11) is 0. The molecule has 0 radical (unpaired) electrons. The molecule has 0 aliphatic rings. The molecule has 0 aliphatic heterocycles. The zero-order valence-electron chi connectivity index (χ0n) is 26.7. The molecule has 0 saturated heterocycles. The van der Waals surface area contributed by atoms with Crippen molar-refractivity contribution in [1.82, 2.24) is 20.9 Å². The van der Waals surface area contributed by atoms with E-state index in [0.717, 1.165) is 0 Å². The van der Waals surface area contributed by atoms with Gasteiger partial charge >= 0.3 is 6.09 Å². The number of aliphatic hydroxyl groups excluding tert-OH is 1. The van der Waals surface area contributed by atoms with Crippen LogP contribution >= 0.6 is 0 Å². The van der Waals surface area contributed by atoms with Crippen molar-refractivity contribution in [3.63, 3.8) is 0 Å². The normalized spacial score (nSPS) is 13.2. The van der Waals surface area contributed by atoms with Gasteiger partial charge in [-0.15, -0.1) is 0 Å². The predicted octanol–water partition coefficient (Wildman–Crippen LogP) is 2.03. The lowest BCUT2D eigenvalue weighted by Crippen LogP contribution is -2.58. The van der Waals surface area contributed by atoms with E-state index in [1.54, 1.807) is 54.6 Å². The van der Waals surface area contributed by atoms with Gasteiger partial charge in [0.1, 0.15) is 12.6 Å². The average Bonchev–Trinajstić information content (AvgIpc) is 2.96. The van der Waals surface area contributed by atoms with Crippen LogP contribution in [0, 0.1) is 5.92 Å². The van der Waals surface area contributed by atoms with Crippen LogP contribution in [0.1, 0.15) is 58.6 Å². The first-order valence-corrected chi connectivity index (χ1v) is 15.0. The summed E-state index contributed by atoms with van der Waals surface area (Å²) < 4.78 is 5.20. The molecule has 0 aromatic heterocycles. The lowest BCUT2D eigenvalue weighted by atomic mass is 9.99. The Labute approximate surface area is 265 Å². The Hall–Kier alpha value is -4.45. The number of rotatable bonds is 16. The van der Waals surface area contributed by atoms with E-state index in [-0.39, 0.29) is 32.0 Å². The van der Waals surface area contributed by atoms with E-state index in [0.29, 0.717) is 17.5 Å². The van der Waals surface area contributed by atoms with Crippen molar-refractivity contribution in [1.29, 1.82) is 0 Å². The van der Waals surface area contributed by atoms with Gasteiger partial charge in [0.15, 0.2) is 6.10 Å². The number of benzene rings is 2. The van der Waals surface area contributed by atoms with Crippen molar-refractivity contribution in [2.24, 2.45) is 11.7 Å². The number of hydrogen-bond acceptors (Lipinski definition) is 7. The molecular weight excluding hydrogens is 578 g/mol. The molecule has 0 spiro atoms. The van der Waals surface area contributed by atoms with Crippen molar-refractivity contribution >= 4 is 29.7 Å². The van der Waals surface area contributed by atoms with E-state index in [4.69, 9.17) is 10.5 Å². The number of nitrogens with zero attached hydrogens (tertiary/aromatic N) is 1. The second kappa shape index (κ2) is 17.7. The largest absolute Gasteiger partial charge is 0.445 e. The van der Waals surface area contributed by atoms with Crippen LogP contribution < -0.4 is 21.7 Å². The van der Waals surface area contributed by atoms with Crippen LogP contribution in [0.2, 0.25) is 0 Å². The fourth-order valence-electron chi connectivity index (χ4n) is 4.38. The first kappa shape index (κ1) is 36.7. The molecule has 45 heavy (non-hydrogen) atoms. The Morgan fingerprint density at radius 3 is 2.02 bits per heavy atom. The summed E-state index contributed by atoms with van der Waals surface area (Å²) in [4.78, 5) is 65.5. The molecule has 5 amide bonds.